The lowest BCUT2D eigenvalue weighted by atomic mass is 10.4. The number of carbonyl (C=O) groups excluding carboxylic acids is 1. The maximum atomic E-state index is 12.1. The average Bonchev–Trinajstić information content (AvgIpc) is 2.38. The van der Waals surface area contributed by atoms with Crippen molar-refractivity contribution in [1.29, 1.82) is 0 Å². The Bertz CT molecular complexity index is 404. The van der Waals surface area contributed by atoms with Gasteiger partial charge in [-0.15, -0.1) is 0 Å². The van der Waals surface area contributed by atoms with Crippen LogP contribution in [0.4, 0.5) is 26.3 Å². The van der Waals surface area contributed by atoms with Gasteiger partial charge in [0.2, 0.25) is 0 Å². The lowest BCUT2D eigenvalue weighted by molar-refractivity contribution is -0.173. The Hall–Kier alpha value is -0.840. The van der Waals surface area contributed by atoms with Gasteiger partial charge in [0.1, 0.15) is 5.66 Å². The highest BCUT2D eigenvalue weighted by Gasteiger charge is 2.45. The number of amides is 1. The predicted octanol–water partition coefficient (Wildman–Crippen LogP) is 2.75. The Morgan fingerprint density at radius 3 is 1.73 bits per heavy atom. The summed E-state index contributed by atoms with van der Waals surface area (Å²) in [6.07, 6.45) is -9.93. The molecule has 1 amide bonds. The third kappa shape index (κ3) is 7.43. The van der Waals surface area contributed by atoms with Gasteiger partial charge in [-0.05, 0) is 6.92 Å². The van der Waals surface area contributed by atoms with Crippen molar-refractivity contribution >= 4 is 13.5 Å². The minimum atomic E-state index is -5.04. The Balaban J connectivity index is 5.22. The van der Waals surface area contributed by atoms with E-state index in [-0.39, 0.29) is 0 Å². The molecule has 0 aliphatic carbocycles. The molecule has 0 N–H and O–H groups in total. The molecule has 0 bridgehead atoms. The van der Waals surface area contributed by atoms with E-state index in [0.29, 0.717) is 5.06 Å². The minimum absolute atomic E-state index is 0.477. The molecule has 0 fully saturated rings. The highest BCUT2D eigenvalue weighted by Crippen LogP contribution is 2.55. The van der Waals surface area contributed by atoms with Crippen LogP contribution in [0.5, 0.6) is 0 Å². The molecule has 0 rings (SSSR count). The van der Waals surface area contributed by atoms with E-state index in [1.165, 1.54) is 0 Å². The third-order valence-electron chi connectivity index (χ3n) is 2.23. The SMILES string of the molecule is CON(C)C(=O)C(C)P(=O)(OCC(F)(F)F)OCC(F)(F)F. The van der Waals surface area contributed by atoms with Crippen LogP contribution in [0, 0.1) is 0 Å². The monoisotopic (exact) mass is 361 g/mol. The van der Waals surface area contributed by atoms with Crippen molar-refractivity contribution in [3.8, 4) is 0 Å². The van der Waals surface area contributed by atoms with Gasteiger partial charge in [0.25, 0.3) is 5.91 Å². The predicted molar refractivity (Wildman–Crippen MR) is 60.9 cm³/mol. The number of hydroxylamine groups is 2. The molecule has 132 valence electrons. The van der Waals surface area contributed by atoms with Crippen molar-refractivity contribution in [2.24, 2.45) is 0 Å². The molecule has 0 aromatic rings. The summed E-state index contributed by atoms with van der Waals surface area (Å²) in [7, 11) is -3.00. The Labute approximate surface area is 121 Å². The summed E-state index contributed by atoms with van der Waals surface area (Å²) in [6.45, 7) is -3.45. The third-order valence-corrected chi connectivity index (χ3v) is 4.38. The van der Waals surface area contributed by atoms with Gasteiger partial charge < -0.3 is 0 Å². The Kier molecular flexibility index (Phi) is 7.33. The van der Waals surface area contributed by atoms with Crippen LogP contribution in [0.3, 0.4) is 0 Å². The number of carbonyl (C=O) groups is 1. The van der Waals surface area contributed by atoms with Crippen molar-refractivity contribution in [3.63, 3.8) is 0 Å². The van der Waals surface area contributed by atoms with E-state index in [9.17, 15) is 35.7 Å². The van der Waals surface area contributed by atoms with E-state index >= 15 is 0 Å². The van der Waals surface area contributed by atoms with Gasteiger partial charge in [0.15, 0.2) is 13.2 Å². The zero-order valence-corrected chi connectivity index (χ0v) is 12.6. The molecule has 0 radical (unpaired) electrons. The molecule has 0 spiro atoms. The molecular weight excluding hydrogens is 347 g/mol. The zero-order valence-electron chi connectivity index (χ0n) is 11.7. The first kappa shape index (κ1) is 21.2. The molecule has 0 aromatic heterocycles. The Morgan fingerprint density at radius 1 is 1.09 bits per heavy atom. The molecule has 6 nitrogen and oxygen atoms in total. The second-order valence-corrected chi connectivity index (χ2v) is 6.38. The first-order valence-corrected chi connectivity index (χ1v) is 7.17. The van der Waals surface area contributed by atoms with E-state index in [2.05, 4.69) is 13.9 Å². The zero-order chi connectivity index (χ0) is 17.8. The van der Waals surface area contributed by atoms with E-state index in [0.717, 1.165) is 21.1 Å². The summed E-state index contributed by atoms with van der Waals surface area (Å²) in [5.41, 5.74) is -1.93. The molecule has 0 heterocycles. The summed E-state index contributed by atoms with van der Waals surface area (Å²) < 4.78 is 92.7. The van der Waals surface area contributed by atoms with Crippen molar-refractivity contribution in [3.05, 3.63) is 0 Å². The van der Waals surface area contributed by atoms with Crippen LogP contribution in [0.2, 0.25) is 0 Å². The summed E-state index contributed by atoms with van der Waals surface area (Å²) in [6, 6.07) is 0. The summed E-state index contributed by atoms with van der Waals surface area (Å²) >= 11 is 0. The second-order valence-electron chi connectivity index (χ2n) is 4.01. The molecule has 22 heavy (non-hydrogen) atoms. The van der Waals surface area contributed by atoms with Gasteiger partial charge in [0, 0.05) is 7.05 Å². The van der Waals surface area contributed by atoms with Crippen LogP contribution in [-0.4, -0.2) is 56.4 Å². The van der Waals surface area contributed by atoms with Gasteiger partial charge in [-0.3, -0.25) is 23.2 Å². The summed E-state index contributed by atoms with van der Waals surface area (Å²) in [5.74, 6) is -1.17. The largest absolute Gasteiger partial charge is 0.412 e. The number of alkyl halides is 6. The molecule has 0 aliphatic rings. The van der Waals surface area contributed by atoms with Gasteiger partial charge in [-0.1, -0.05) is 0 Å². The maximum Gasteiger partial charge on any atom is 0.412 e. The van der Waals surface area contributed by atoms with E-state index < -0.39 is 44.7 Å². The molecule has 1 unspecified atom stereocenters. The standard InChI is InChI=1S/C9H14F6NO5P/c1-6(7(17)16(2)19-3)22(18,20-4-8(10,11)12)21-5-9(13,14)15/h6H,4-5H2,1-3H3. The van der Waals surface area contributed by atoms with Crippen LogP contribution in [-0.2, 0) is 23.2 Å². The fraction of sp³-hybridized carbons (Fsp3) is 0.889. The summed E-state index contributed by atoms with van der Waals surface area (Å²) in [4.78, 5) is 16.1. The Morgan fingerprint density at radius 2 is 1.45 bits per heavy atom. The lowest BCUT2D eigenvalue weighted by Gasteiger charge is -2.26. The highest BCUT2D eigenvalue weighted by molar-refractivity contribution is 7.55. The number of rotatable bonds is 7. The summed E-state index contributed by atoms with van der Waals surface area (Å²) in [5, 5.41) is 0.477. The minimum Gasteiger partial charge on any atom is -0.298 e. The van der Waals surface area contributed by atoms with E-state index in [1.54, 1.807) is 0 Å². The van der Waals surface area contributed by atoms with Crippen LogP contribution < -0.4 is 0 Å². The molecule has 0 aromatic carbocycles. The van der Waals surface area contributed by atoms with Crippen LogP contribution in [0.25, 0.3) is 0 Å². The average molecular weight is 361 g/mol. The smallest absolute Gasteiger partial charge is 0.298 e. The topological polar surface area (TPSA) is 65.1 Å². The van der Waals surface area contributed by atoms with Crippen molar-refractivity contribution < 1.29 is 49.6 Å². The molecular formula is C9H14F6NO5P. The molecule has 1 atom stereocenters. The van der Waals surface area contributed by atoms with E-state index in [1.807, 2.05) is 0 Å². The number of hydrogen-bond donors (Lipinski definition) is 0. The van der Waals surface area contributed by atoms with Gasteiger partial charge in [-0.2, -0.15) is 26.3 Å². The second kappa shape index (κ2) is 7.62. The first-order chi connectivity index (χ1) is 9.72. The van der Waals surface area contributed by atoms with Crippen molar-refractivity contribution in [1.82, 2.24) is 5.06 Å². The molecule has 0 saturated carbocycles. The number of nitrogens with zero attached hydrogens (tertiary/aromatic N) is 1. The quantitative estimate of drug-likeness (QED) is 0.396. The lowest BCUT2D eigenvalue weighted by Crippen LogP contribution is -2.36. The van der Waals surface area contributed by atoms with E-state index in [4.69, 9.17) is 0 Å². The van der Waals surface area contributed by atoms with Crippen molar-refractivity contribution in [2.45, 2.75) is 24.9 Å². The van der Waals surface area contributed by atoms with Gasteiger partial charge in [-0.25, -0.2) is 5.06 Å². The fourth-order valence-electron chi connectivity index (χ4n) is 1.08. The molecule has 0 saturated heterocycles. The van der Waals surface area contributed by atoms with Crippen LogP contribution in [0.15, 0.2) is 0 Å². The maximum absolute atomic E-state index is 12.1. The number of halogens is 6. The van der Waals surface area contributed by atoms with Crippen molar-refractivity contribution in [2.75, 3.05) is 27.4 Å². The molecule has 0 aliphatic heterocycles. The van der Waals surface area contributed by atoms with Crippen LogP contribution in [0.1, 0.15) is 6.92 Å². The first-order valence-electron chi connectivity index (χ1n) is 5.56. The fourth-order valence-corrected chi connectivity index (χ4v) is 2.68. The number of hydrogen-bond acceptors (Lipinski definition) is 5. The van der Waals surface area contributed by atoms with Gasteiger partial charge >= 0.3 is 19.9 Å². The van der Waals surface area contributed by atoms with Gasteiger partial charge in [0.05, 0.1) is 7.11 Å². The highest BCUT2D eigenvalue weighted by atomic mass is 31.2. The van der Waals surface area contributed by atoms with Crippen LogP contribution >= 0.6 is 7.60 Å². The molecule has 13 heteroatoms. The normalized spacial score (nSPS) is 14.8.